The second-order valence-electron chi connectivity index (χ2n) is 7.75. The number of halogens is 1. The molecule has 0 radical (unpaired) electrons. The maximum absolute atomic E-state index is 13.8. The third-order valence-electron chi connectivity index (χ3n) is 5.16. The summed E-state index contributed by atoms with van der Waals surface area (Å²) in [5, 5.41) is 7.91. The first-order chi connectivity index (χ1) is 13.8. The van der Waals surface area contributed by atoms with Crippen molar-refractivity contribution in [1.29, 1.82) is 0 Å². The van der Waals surface area contributed by atoms with Crippen LogP contribution in [0.3, 0.4) is 0 Å². The molecule has 2 aromatic carbocycles. The lowest BCUT2D eigenvalue weighted by molar-refractivity contribution is 0.0733. The minimum Gasteiger partial charge on any atom is -0.390 e. The Hall–Kier alpha value is -2.52. The van der Waals surface area contributed by atoms with Crippen molar-refractivity contribution in [2.24, 2.45) is 11.8 Å². The SMILES string of the molecule is CC1CC(C)CN(S(=O)(=O)c2ccc3nnn(OCc4ccccc4F)c3c2)C1. The fourth-order valence-corrected chi connectivity index (χ4v) is 5.53. The number of rotatable bonds is 5. The first-order valence-corrected chi connectivity index (χ1v) is 11.0. The van der Waals surface area contributed by atoms with E-state index in [1.54, 1.807) is 28.6 Å². The Morgan fingerprint density at radius 3 is 2.59 bits per heavy atom. The molecule has 1 aliphatic rings. The van der Waals surface area contributed by atoms with Crippen LogP contribution in [0.4, 0.5) is 4.39 Å². The van der Waals surface area contributed by atoms with E-state index >= 15 is 0 Å². The molecule has 0 aliphatic carbocycles. The number of sulfonamides is 1. The molecule has 154 valence electrons. The van der Waals surface area contributed by atoms with Gasteiger partial charge in [-0.05, 0) is 47.7 Å². The molecule has 2 unspecified atom stereocenters. The van der Waals surface area contributed by atoms with Crippen LogP contribution in [0.15, 0.2) is 47.4 Å². The zero-order chi connectivity index (χ0) is 20.6. The van der Waals surface area contributed by atoms with Crippen molar-refractivity contribution in [3.05, 3.63) is 53.8 Å². The van der Waals surface area contributed by atoms with Crippen LogP contribution in [0.25, 0.3) is 11.0 Å². The second kappa shape index (κ2) is 7.72. The Labute approximate surface area is 169 Å². The minimum absolute atomic E-state index is 0.0523. The molecule has 0 amide bonds. The quantitative estimate of drug-likeness (QED) is 0.637. The van der Waals surface area contributed by atoms with E-state index in [0.29, 0.717) is 41.5 Å². The number of aromatic nitrogens is 3. The van der Waals surface area contributed by atoms with Crippen molar-refractivity contribution in [2.75, 3.05) is 13.1 Å². The van der Waals surface area contributed by atoms with Crippen LogP contribution >= 0.6 is 0 Å². The maximum atomic E-state index is 13.8. The summed E-state index contributed by atoms with van der Waals surface area (Å²) in [5.74, 6) is 0.246. The molecular weight excluding hydrogens is 395 g/mol. The Kier molecular flexibility index (Phi) is 5.26. The fraction of sp³-hybridized carbons (Fsp3) is 0.400. The van der Waals surface area contributed by atoms with Gasteiger partial charge in [0.2, 0.25) is 10.0 Å². The fourth-order valence-electron chi connectivity index (χ4n) is 3.83. The van der Waals surface area contributed by atoms with Gasteiger partial charge in [-0.1, -0.05) is 36.9 Å². The van der Waals surface area contributed by atoms with Crippen molar-refractivity contribution >= 4 is 21.1 Å². The third kappa shape index (κ3) is 3.97. The van der Waals surface area contributed by atoms with Crippen LogP contribution in [0.1, 0.15) is 25.8 Å². The van der Waals surface area contributed by atoms with Gasteiger partial charge >= 0.3 is 0 Å². The smallest absolute Gasteiger partial charge is 0.243 e. The largest absolute Gasteiger partial charge is 0.390 e. The summed E-state index contributed by atoms with van der Waals surface area (Å²) in [4.78, 5) is 6.88. The van der Waals surface area contributed by atoms with Crippen molar-refractivity contribution in [1.82, 2.24) is 19.5 Å². The van der Waals surface area contributed by atoms with Gasteiger partial charge in [0.25, 0.3) is 0 Å². The van der Waals surface area contributed by atoms with Crippen LogP contribution in [0.5, 0.6) is 0 Å². The van der Waals surface area contributed by atoms with E-state index in [1.165, 1.54) is 18.2 Å². The molecule has 3 aromatic rings. The van der Waals surface area contributed by atoms with Crippen molar-refractivity contribution in [3.8, 4) is 0 Å². The third-order valence-corrected chi connectivity index (χ3v) is 6.99. The standard InChI is InChI=1S/C20H23FN4O3S/c1-14-9-15(2)12-24(11-14)29(26,27)17-7-8-19-20(10-17)25(23-22-19)28-13-16-5-3-4-6-18(16)21/h3-8,10,14-15H,9,11-13H2,1-2H3. The highest BCUT2D eigenvalue weighted by molar-refractivity contribution is 7.89. The monoisotopic (exact) mass is 418 g/mol. The van der Waals surface area contributed by atoms with Gasteiger partial charge in [0.05, 0.1) is 4.90 Å². The van der Waals surface area contributed by atoms with E-state index in [4.69, 9.17) is 4.84 Å². The Bertz CT molecular complexity index is 1120. The number of nitrogens with zero attached hydrogens (tertiary/aromatic N) is 4. The van der Waals surface area contributed by atoms with Crippen molar-refractivity contribution in [2.45, 2.75) is 31.8 Å². The first kappa shape index (κ1) is 19.8. The Morgan fingerprint density at radius 2 is 1.86 bits per heavy atom. The lowest BCUT2D eigenvalue weighted by atomic mass is 9.94. The van der Waals surface area contributed by atoms with E-state index in [9.17, 15) is 12.8 Å². The number of hydrogen-bond donors (Lipinski definition) is 0. The van der Waals surface area contributed by atoms with E-state index < -0.39 is 10.0 Å². The molecule has 1 saturated heterocycles. The molecule has 1 aromatic heterocycles. The molecule has 0 bridgehead atoms. The lowest BCUT2D eigenvalue weighted by Gasteiger charge is -2.34. The van der Waals surface area contributed by atoms with Gasteiger partial charge in [0.1, 0.15) is 23.5 Å². The van der Waals surface area contributed by atoms with Gasteiger partial charge in [-0.15, -0.1) is 5.10 Å². The van der Waals surface area contributed by atoms with E-state index in [1.807, 2.05) is 0 Å². The van der Waals surface area contributed by atoms with E-state index in [-0.39, 0.29) is 17.3 Å². The summed E-state index contributed by atoms with van der Waals surface area (Å²) in [6.07, 6.45) is 1.02. The summed E-state index contributed by atoms with van der Waals surface area (Å²) >= 11 is 0. The summed E-state index contributed by atoms with van der Waals surface area (Å²) in [5.41, 5.74) is 1.29. The lowest BCUT2D eigenvalue weighted by Crippen LogP contribution is -2.42. The Balaban J connectivity index is 1.62. The summed E-state index contributed by atoms with van der Waals surface area (Å²) in [7, 11) is -3.64. The highest BCUT2D eigenvalue weighted by Crippen LogP contribution is 2.27. The number of hydrogen-bond acceptors (Lipinski definition) is 5. The summed E-state index contributed by atoms with van der Waals surface area (Å²) in [6, 6.07) is 10.9. The van der Waals surface area contributed by atoms with Gasteiger partial charge in [0.15, 0.2) is 0 Å². The molecule has 0 saturated carbocycles. The van der Waals surface area contributed by atoms with E-state index in [2.05, 4.69) is 24.2 Å². The van der Waals surface area contributed by atoms with Crippen LogP contribution in [0, 0.1) is 17.7 Å². The van der Waals surface area contributed by atoms with E-state index in [0.717, 1.165) is 11.3 Å². The van der Waals surface area contributed by atoms with Gasteiger partial charge in [-0.3, -0.25) is 0 Å². The van der Waals surface area contributed by atoms with Crippen molar-refractivity contribution < 1.29 is 17.6 Å². The molecule has 2 heterocycles. The van der Waals surface area contributed by atoms with Crippen LogP contribution in [-0.4, -0.2) is 41.0 Å². The average molecular weight is 418 g/mol. The minimum atomic E-state index is -3.64. The van der Waals surface area contributed by atoms with Crippen LogP contribution < -0.4 is 4.84 Å². The van der Waals surface area contributed by atoms with Gasteiger partial charge < -0.3 is 4.84 Å². The predicted molar refractivity (Wildman–Crippen MR) is 106 cm³/mol. The average Bonchev–Trinajstić information content (AvgIpc) is 3.09. The normalized spacial score (nSPS) is 20.8. The molecule has 7 nitrogen and oxygen atoms in total. The topological polar surface area (TPSA) is 77.3 Å². The number of piperidine rings is 1. The predicted octanol–water partition coefficient (Wildman–Crippen LogP) is 2.87. The summed E-state index contributed by atoms with van der Waals surface area (Å²) < 4.78 is 41.7. The highest BCUT2D eigenvalue weighted by atomic mass is 32.2. The molecule has 1 fully saturated rings. The molecule has 4 rings (SSSR count). The molecule has 29 heavy (non-hydrogen) atoms. The van der Waals surface area contributed by atoms with Gasteiger partial charge in [-0.2, -0.15) is 4.31 Å². The number of fused-ring (bicyclic) bond motifs is 1. The Morgan fingerprint density at radius 1 is 1.14 bits per heavy atom. The second-order valence-corrected chi connectivity index (χ2v) is 9.68. The van der Waals surface area contributed by atoms with Gasteiger partial charge in [0, 0.05) is 18.7 Å². The molecule has 1 aliphatic heterocycles. The molecule has 2 atom stereocenters. The molecule has 0 spiro atoms. The van der Waals surface area contributed by atoms with Gasteiger partial charge in [-0.25, -0.2) is 12.8 Å². The zero-order valence-corrected chi connectivity index (χ0v) is 17.1. The van der Waals surface area contributed by atoms with Crippen LogP contribution in [-0.2, 0) is 16.6 Å². The molecule has 0 N–H and O–H groups in total. The zero-order valence-electron chi connectivity index (χ0n) is 16.3. The maximum Gasteiger partial charge on any atom is 0.243 e. The summed E-state index contributed by atoms with van der Waals surface area (Å²) in [6.45, 7) is 5.09. The first-order valence-electron chi connectivity index (χ1n) is 9.57. The van der Waals surface area contributed by atoms with Crippen molar-refractivity contribution in [3.63, 3.8) is 0 Å². The highest BCUT2D eigenvalue weighted by Gasteiger charge is 2.32. The van der Waals surface area contributed by atoms with Crippen LogP contribution in [0.2, 0.25) is 0 Å². The molecule has 9 heteroatoms. The number of benzene rings is 2. The molecular formula is C20H23FN4O3S.